The molecule has 0 amide bonds. The molecular formula is C4H2Cl3F5. The van der Waals surface area contributed by atoms with Crippen LogP contribution in [0.3, 0.4) is 0 Å². The first-order chi connectivity index (χ1) is 4.96. The lowest BCUT2D eigenvalue weighted by atomic mass is 10.2. The van der Waals surface area contributed by atoms with Crippen LogP contribution in [-0.2, 0) is 0 Å². The van der Waals surface area contributed by atoms with Crippen LogP contribution in [0.4, 0.5) is 22.0 Å². The Balaban J connectivity index is 4.44. The maximum Gasteiger partial charge on any atom is 0.453 e. The molecular weight excluding hydrogens is 249 g/mol. The monoisotopic (exact) mass is 250 g/mol. The smallest absolute Gasteiger partial charge is 0.196 e. The first-order valence-electron chi connectivity index (χ1n) is 2.47. The van der Waals surface area contributed by atoms with Crippen LogP contribution in [-0.4, -0.2) is 15.9 Å². The van der Waals surface area contributed by atoms with Crippen LogP contribution in [0.5, 0.6) is 0 Å². The van der Waals surface area contributed by atoms with Crippen LogP contribution in [0.25, 0.3) is 0 Å². The number of alkyl halides is 8. The minimum absolute atomic E-state index is 1.88. The summed E-state index contributed by atoms with van der Waals surface area (Å²) in [4.78, 5) is 0. The maximum absolute atomic E-state index is 12.0. The van der Waals surface area contributed by atoms with E-state index in [1.54, 1.807) is 0 Å². The molecule has 8 heteroatoms. The lowest BCUT2D eigenvalue weighted by Gasteiger charge is -2.22. The summed E-state index contributed by atoms with van der Waals surface area (Å²) in [5.74, 6) is -4.97. The second-order valence-electron chi connectivity index (χ2n) is 1.99. The first-order valence-corrected chi connectivity index (χ1v) is 3.60. The molecule has 0 saturated heterocycles. The number of halogens is 8. The highest BCUT2D eigenvalue weighted by molar-refractivity contribution is 6.67. The molecule has 0 aromatic heterocycles. The molecule has 74 valence electrons. The quantitative estimate of drug-likeness (QED) is 0.489. The molecule has 0 aliphatic heterocycles. The molecule has 0 aliphatic carbocycles. The van der Waals surface area contributed by atoms with Crippen molar-refractivity contribution in [2.75, 3.05) is 0 Å². The van der Waals surface area contributed by atoms with Crippen molar-refractivity contribution in [3.8, 4) is 0 Å². The zero-order valence-corrected chi connectivity index (χ0v) is 7.50. The van der Waals surface area contributed by atoms with E-state index < -0.39 is 22.3 Å². The fraction of sp³-hybridized carbons (Fsp3) is 1.00. The molecule has 0 bridgehead atoms. The lowest BCUT2D eigenvalue weighted by Crippen LogP contribution is -2.39. The van der Waals surface area contributed by atoms with Gasteiger partial charge in [0.2, 0.25) is 0 Å². The summed E-state index contributed by atoms with van der Waals surface area (Å²) >= 11 is 14.3. The molecule has 0 aliphatic rings. The Labute approximate surface area is 79.6 Å². The molecule has 0 spiro atoms. The molecule has 0 saturated carbocycles. The van der Waals surface area contributed by atoms with Crippen LogP contribution in [0.15, 0.2) is 0 Å². The Bertz CT molecular complexity index is 157. The van der Waals surface area contributed by atoms with E-state index in [-0.39, 0.29) is 0 Å². The molecule has 0 nitrogen and oxygen atoms in total. The zero-order valence-electron chi connectivity index (χ0n) is 5.23. The van der Waals surface area contributed by atoms with Gasteiger partial charge in [-0.1, -0.05) is 34.8 Å². The molecule has 12 heavy (non-hydrogen) atoms. The topological polar surface area (TPSA) is 0 Å². The van der Waals surface area contributed by atoms with Crippen LogP contribution < -0.4 is 0 Å². The van der Waals surface area contributed by atoms with Crippen molar-refractivity contribution in [2.45, 2.75) is 22.3 Å². The van der Waals surface area contributed by atoms with Crippen molar-refractivity contribution in [1.82, 2.24) is 0 Å². The normalized spacial score (nSPS) is 15.0. The zero-order chi connectivity index (χ0) is 10.2. The van der Waals surface area contributed by atoms with Crippen LogP contribution in [0.1, 0.15) is 6.42 Å². The van der Waals surface area contributed by atoms with E-state index in [1.807, 2.05) is 0 Å². The molecule has 0 N–H and O–H groups in total. The second-order valence-corrected chi connectivity index (χ2v) is 4.51. The van der Waals surface area contributed by atoms with Gasteiger partial charge in [-0.3, -0.25) is 0 Å². The fourth-order valence-corrected chi connectivity index (χ4v) is 0.855. The number of hydrogen-bond acceptors (Lipinski definition) is 0. The number of hydrogen-bond donors (Lipinski definition) is 0. The van der Waals surface area contributed by atoms with Gasteiger partial charge in [0.25, 0.3) is 0 Å². The highest BCUT2D eigenvalue weighted by Crippen LogP contribution is 2.45. The van der Waals surface area contributed by atoms with Gasteiger partial charge in [0, 0.05) is 0 Å². The van der Waals surface area contributed by atoms with Crippen molar-refractivity contribution in [3.05, 3.63) is 0 Å². The van der Waals surface area contributed by atoms with E-state index in [0.29, 0.717) is 0 Å². The Morgan fingerprint density at radius 2 is 1.17 bits per heavy atom. The Morgan fingerprint density at radius 3 is 1.25 bits per heavy atom. The average Bonchev–Trinajstić information content (AvgIpc) is 1.52. The summed E-state index contributed by atoms with van der Waals surface area (Å²) in [5.41, 5.74) is 0. The van der Waals surface area contributed by atoms with Gasteiger partial charge >= 0.3 is 12.1 Å². The van der Waals surface area contributed by atoms with Gasteiger partial charge in [0.15, 0.2) is 3.79 Å². The number of rotatable bonds is 1. The Kier molecular flexibility index (Phi) is 3.49. The molecule has 0 aromatic rings. The fourth-order valence-electron chi connectivity index (χ4n) is 0.352. The summed E-state index contributed by atoms with van der Waals surface area (Å²) in [6.07, 6.45) is -7.56. The highest BCUT2D eigenvalue weighted by atomic mass is 35.6. The summed E-state index contributed by atoms with van der Waals surface area (Å²) in [5, 5.41) is 0. The Hall–Kier alpha value is 0.520. The summed E-state index contributed by atoms with van der Waals surface area (Å²) in [7, 11) is 0. The summed E-state index contributed by atoms with van der Waals surface area (Å²) in [6.45, 7) is 0. The van der Waals surface area contributed by atoms with Crippen molar-refractivity contribution >= 4 is 34.8 Å². The van der Waals surface area contributed by atoms with Crippen molar-refractivity contribution in [2.24, 2.45) is 0 Å². The van der Waals surface area contributed by atoms with E-state index in [1.165, 1.54) is 0 Å². The van der Waals surface area contributed by atoms with Gasteiger partial charge in [-0.25, -0.2) is 0 Å². The SMILES string of the molecule is FC(F)(F)C(F)(F)CC(Cl)(Cl)Cl. The highest BCUT2D eigenvalue weighted by Gasteiger charge is 2.60. The third-order valence-corrected chi connectivity index (χ3v) is 1.24. The molecule has 0 aromatic carbocycles. The molecule has 0 radical (unpaired) electrons. The van der Waals surface area contributed by atoms with Gasteiger partial charge in [-0.15, -0.1) is 0 Å². The summed E-state index contributed by atoms with van der Waals surface area (Å²) in [6, 6.07) is 0. The standard InChI is InChI=1S/C4H2Cl3F5/c5-3(6,7)1-2(8,9)4(10,11)12/h1H2. The predicted octanol–water partition coefficient (Wildman–Crippen LogP) is 3.94. The van der Waals surface area contributed by atoms with E-state index >= 15 is 0 Å². The maximum atomic E-state index is 12.0. The third kappa shape index (κ3) is 3.96. The lowest BCUT2D eigenvalue weighted by molar-refractivity contribution is -0.283. The molecule has 0 atom stereocenters. The minimum atomic E-state index is -5.68. The summed E-state index contributed by atoms with van der Waals surface area (Å²) < 4.78 is 55.8. The average molecular weight is 251 g/mol. The van der Waals surface area contributed by atoms with Crippen molar-refractivity contribution in [1.29, 1.82) is 0 Å². The van der Waals surface area contributed by atoms with E-state index in [0.717, 1.165) is 0 Å². The predicted molar refractivity (Wildman–Crippen MR) is 35.9 cm³/mol. The van der Waals surface area contributed by atoms with Gasteiger partial charge in [0.1, 0.15) is 0 Å². The minimum Gasteiger partial charge on any atom is -0.196 e. The van der Waals surface area contributed by atoms with Crippen LogP contribution in [0.2, 0.25) is 0 Å². The van der Waals surface area contributed by atoms with Crippen molar-refractivity contribution < 1.29 is 22.0 Å². The molecule has 0 fully saturated rings. The largest absolute Gasteiger partial charge is 0.453 e. The second kappa shape index (κ2) is 3.35. The van der Waals surface area contributed by atoms with Gasteiger partial charge < -0.3 is 0 Å². The van der Waals surface area contributed by atoms with Crippen molar-refractivity contribution in [3.63, 3.8) is 0 Å². The Morgan fingerprint density at radius 1 is 0.833 bits per heavy atom. The van der Waals surface area contributed by atoms with Crippen LogP contribution in [0, 0.1) is 0 Å². The third-order valence-electron chi connectivity index (χ3n) is 0.837. The van der Waals surface area contributed by atoms with E-state index in [9.17, 15) is 22.0 Å². The van der Waals surface area contributed by atoms with Gasteiger partial charge in [-0.05, 0) is 0 Å². The van der Waals surface area contributed by atoms with Gasteiger partial charge in [-0.2, -0.15) is 22.0 Å². The molecule has 0 rings (SSSR count). The van der Waals surface area contributed by atoms with Gasteiger partial charge in [0.05, 0.1) is 6.42 Å². The van der Waals surface area contributed by atoms with E-state index in [4.69, 9.17) is 34.8 Å². The first kappa shape index (κ1) is 12.5. The molecule has 0 unspecified atom stereocenters. The van der Waals surface area contributed by atoms with E-state index in [2.05, 4.69) is 0 Å². The van der Waals surface area contributed by atoms with Crippen LogP contribution >= 0.6 is 34.8 Å². The molecule has 0 heterocycles.